The van der Waals surface area contributed by atoms with Crippen molar-refractivity contribution in [2.24, 2.45) is 0 Å². The molecule has 0 bridgehead atoms. The number of rotatable bonds is 2. The van der Waals surface area contributed by atoms with E-state index in [0.717, 1.165) is 8.45 Å². The minimum atomic E-state index is -1.45. The Bertz CT molecular complexity index is 937. The van der Waals surface area contributed by atoms with E-state index < -0.39 is 16.6 Å². The van der Waals surface area contributed by atoms with Gasteiger partial charge in [-0.3, -0.25) is 0 Å². The maximum absolute atomic E-state index is 2.59. The van der Waals surface area contributed by atoms with E-state index >= 15 is 0 Å². The molecule has 146 valence electrons. The molecular formula is C24H28Cl2SiTi. The standard InChI is InChI=1S/2C11H11.C2H6Si.2ClH.Ti/c2*1-8-7-10-5-3-4-6-11(10)9(8)2;1-3-2;;;/h2*3-7H,1-2H3;1-2H3;2*1H;/q;;;;;+2/p-2. The molecule has 2 aliphatic carbocycles. The summed E-state index contributed by atoms with van der Waals surface area (Å²) < 4.78 is 1.46. The number of fused-ring (bicyclic) bond motifs is 2. The van der Waals surface area contributed by atoms with Gasteiger partial charge >= 0.3 is 165 Å². The molecule has 0 heterocycles. The fourth-order valence-electron chi connectivity index (χ4n) is 5.05. The van der Waals surface area contributed by atoms with Crippen molar-refractivity contribution in [3.05, 3.63) is 81.9 Å². The Morgan fingerprint density at radius 2 is 1.00 bits per heavy atom. The van der Waals surface area contributed by atoms with Gasteiger partial charge in [-0.2, -0.15) is 0 Å². The van der Waals surface area contributed by atoms with E-state index in [0.29, 0.717) is 0 Å². The van der Waals surface area contributed by atoms with E-state index in [1.165, 1.54) is 11.1 Å². The first-order valence-corrected chi connectivity index (χ1v) is 16.3. The van der Waals surface area contributed by atoms with Crippen LogP contribution >= 0.6 is 0 Å². The van der Waals surface area contributed by atoms with Crippen molar-refractivity contribution >= 4 is 17.3 Å². The molecule has 0 saturated carbocycles. The third kappa shape index (κ3) is 3.55. The van der Waals surface area contributed by atoms with E-state index in [1.54, 1.807) is 33.4 Å². The fraction of sp³-hybridized carbons (Fsp3) is 0.333. The molecule has 0 radical (unpaired) electrons. The summed E-state index contributed by atoms with van der Waals surface area (Å²) in [4.78, 5) is 0. The Balaban J connectivity index is 0.00000140. The van der Waals surface area contributed by atoms with Gasteiger partial charge in [-0.15, -0.1) is 0 Å². The Morgan fingerprint density at radius 3 is 1.36 bits per heavy atom. The molecule has 4 rings (SSSR count). The van der Waals surface area contributed by atoms with Gasteiger partial charge in [-0.05, 0) is 0 Å². The van der Waals surface area contributed by atoms with Gasteiger partial charge in [0, 0.05) is 0 Å². The zero-order valence-electron chi connectivity index (χ0n) is 17.5. The minimum absolute atomic E-state index is 0. The molecule has 2 atom stereocenters. The van der Waals surface area contributed by atoms with Crippen LogP contribution in [0.4, 0.5) is 0 Å². The zero-order chi connectivity index (χ0) is 18.6. The van der Waals surface area contributed by atoms with Crippen molar-refractivity contribution in [3.8, 4) is 0 Å². The first-order chi connectivity index (χ1) is 12.4. The van der Waals surface area contributed by atoms with Gasteiger partial charge in [-0.1, -0.05) is 0 Å². The van der Waals surface area contributed by atoms with Crippen molar-refractivity contribution in [2.45, 2.75) is 49.2 Å². The van der Waals surface area contributed by atoms with Gasteiger partial charge < -0.3 is 24.8 Å². The van der Waals surface area contributed by atoms with Crippen molar-refractivity contribution in [1.82, 2.24) is 0 Å². The summed E-state index contributed by atoms with van der Waals surface area (Å²) in [6.07, 6.45) is -0.335. The summed E-state index contributed by atoms with van der Waals surface area (Å²) in [5.74, 6) is 0. The van der Waals surface area contributed by atoms with Gasteiger partial charge in [0.1, 0.15) is 0 Å². The van der Waals surface area contributed by atoms with E-state index in [-0.39, 0.29) is 31.0 Å². The average Bonchev–Trinajstić information content (AvgIpc) is 3.03. The third-order valence-corrected chi connectivity index (χ3v) is 19.8. The Labute approximate surface area is 189 Å². The predicted molar refractivity (Wildman–Crippen MR) is 112 cm³/mol. The van der Waals surface area contributed by atoms with Crippen molar-refractivity contribution in [2.75, 3.05) is 0 Å². The maximum atomic E-state index is 2.59. The van der Waals surface area contributed by atoms with Crippen molar-refractivity contribution < 1.29 is 41.4 Å². The van der Waals surface area contributed by atoms with Crippen LogP contribution in [0, 0.1) is 0 Å². The predicted octanol–water partition coefficient (Wildman–Crippen LogP) is 0.960. The van der Waals surface area contributed by atoms with Gasteiger partial charge in [0.15, 0.2) is 0 Å². The molecule has 28 heavy (non-hydrogen) atoms. The van der Waals surface area contributed by atoms with Gasteiger partial charge in [0.2, 0.25) is 0 Å². The molecule has 2 aliphatic rings. The molecular weight excluding hydrogens is 435 g/mol. The summed E-state index contributed by atoms with van der Waals surface area (Å²) in [5.41, 5.74) is 12.7. The second-order valence-corrected chi connectivity index (χ2v) is 20.4. The zero-order valence-corrected chi connectivity index (χ0v) is 21.6. The van der Waals surface area contributed by atoms with Crippen LogP contribution in [0.1, 0.15) is 58.4 Å². The topological polar surface area (TPSA) is 0 Å². The first-order valence-electron chi connectivity index (χ1n) is 9.64. The normalized spacial score (nSPS) is 19.3. The first kappa shape index (κ1) is 23.7. The number of hydrogen-bond acceptors (Lipinski definition) is 0. The molecule has 0 fully saturated rings. The fourth-order valence-corrected chi connectivity index (χ4v) is 19.2. The minimum Gasteiger partial charge on any atom is -1.00 e. The quantitative estimate of drug-likeness (QED) is 0.583. The van der Waals surface area contributed by atoms with Crippen LogP contribution in [0.3, 0.4) is 0 Å². The monoisotopic (exact) mass is 462 g/mol. The van der Waals surface area contributed by atoms with E-state index in [2.05, 4.69) is 89.3 Å². The van der Waals surface area contributed by atoms with E-state index in [9.17, 15) is 0 Å². The van der Waals surface area contributed by atoms with Crippen LogP contribution in [0.5, 0.6) is 0 Å². The molecule has 0 saturated heterocycles. The van der Waals surface area contributed by atoms with Crippen LogP contribution in [-0.2, 0) is 16.6 Å². The SMILES string of the molecule is CC1=C(C)[C@@H]([Ti+2]([C@H]2C(C)=C(C)c3ccccc32)=[Si](C)C)c2ccccc21.[Cl-].[Cl-]. The van der Waals surface area contributed by atoms with Crippen molar-refractivity contribution in [1.29, 1.82) is 0 Å². The number of benzene rings is 2. The molecule has 4 heteroatoms. The maximum Gasteiger partial charge on any atom is -1.00 e. The van der Waals surface area contributed by atoms with Crippen LogP contribution in [0.15, 0.2) is 59.7 Å². The summed E-state index contributed by atoms with van der Waals surface area (Å²) >= 11 is -1.45. The number of hydrogen-bond donors (Lipinski definition) is 0. The summed E-state index contributed by atoms with van der Waals surface area (Å²) in [6, 6.07) is 18.5. The van der Waals surface area contributed by atoms with Gasteiger partial charge in [0.25, 0.3) is 0 Å². The summed E-state index contributed by atoms with van der Waals surface area (Å²) in [6.45, 7) is 14.7. The van der Waals surface area contributed by atoms with Crippen LogP contribution < -0.4 is 24.8 Å². The molecule has 0 N–H and O–H groups in total. The van der Waals surface area contributed by atoms with Crippen LogP contribution in [0.2, 0.25) is 13.1 Å². The van der Waals surface area contributed by atoms with Crippen molar-refractivity contribution in [3.63, 3.8) is 0 Å². The van der Waals surface area contributed by atoms with Crippen LogP contribution in [-0.4, -0.2) is 6.19 Å². The van der Waals surface area contributed by atoms with Crippen LogP contribution in [0.25, 0.3) is 11.1 Å². The largest absolute Gasteiger partial charge is 1.00 e. The average molecular weight is 463 g/mol. The second kappa shape index (κ2) is 9.06. The molecule has 0 aromatic heterocycles. The summed E-state index contributed by atoms with van der Waals surface area (Å²) in [7, 11) is 0. The molecule has 0 unspecified atom stereocenters. The molecule has 2 aromatic rings. The smallest absolute Gasteiger partial charge is 1.00 e. The number of allylic oxidation sites excluding steroid dienone is 4. The third-order valence-electron chi connectivity index (χ3n) is 6.60. The molecule has 0 aliphatic heterocycles. The van der Waals surface area contributed by atoms with Gasteiger partial charge in [0.05, 0.1) is 0 Å². The number of halogens is 2. The van der Waals surface area contributed by atoms with E-state index in [1.807, 2.05) is 0 Å². The van der Waals surface area contributed by atoms with E-state index in [4.69, 9.17) is 0 Å². The molecule has 2 aromatic carbocycles. The Kier molecular flexibility index (Phi) is 7.67. The summed E-state index contributed by atoms with van der Waals surface area (Å²) in [5, 5.41) is 0. The Morgan fingerprint density at radius 1 is 0.643 bits per heavy atom. The Hall–Kier alpha value is -0.569. The molecule has 0 amide bonds. The molecule has 0 spiro atoms. The van der Waals surface area contributed by atoms with Gasteiger partial charge in [-0.25, -0.2) is 0 Å². The second-order valence-electron chi connectivity index (χ2n) is 8.11. The molecule has 0 nitrogen and oxygen atoms in total.